The molecule has 168 valence electrons. The van der Waals surface area contributed by atoms with Gasteiger partial charge in [0.05, 0.1) is 29.8 Å². The van der Waals surface area contributed by atoms with Crippen LogP contribution in [0.2, 0.25) is 0 Å². The highest BCUT2D eigenvalue weighted by molar-refractivity contribution is 5.94. The number of aromatic amines is 1. The Bertz CT molecular complexity index is 1230. The monoisotopic (exact) mass is 442 g/mol. The van der Waals surface area contributed by atoms with Gasteiger partial charge in [-0.25, -0.2) is 9.67 Å². The van der Waals surface area contributed by atoms with Crippen LogP contribution in [0.1, 0.15) is 48.0 Å². The van der Waals surface area contributed by atoms with E-state index in [4.69, 9.17) is 5.26 Å². The lowest BCUT2D eigenvalue weighted by Crippen LogP contribution is -2.51. The van der Waals surface area contributed by atoms with Gasteiger partial charge in [0.15, 0.2) is 5.82 Å². The van der Waals surface area contributed by atoms with Crippen LogP contribution in [0.3, 0.4) is 0 Å². The van der Waals surface area contributed by atoms with Gasteiger partial charge in [-0.05, 0) is 55.4 Å². The topological polar surface area (TPSA) is 107 Å². The summed E-state index contributed by atoms with van der Waals surface area (Å²) < 4.78 is 1.55. The number of pyridine rings is 1. The van der Waals surface area contributed by atoms with Gasteiger partial charge in [-0.3, -0.25) is 19.6 Å². The Hall–Kier alpha value is -3.70. The van der Waals surface area contributed by atoms with E-state index in [1.54, 1.807) is 29.2 Å². The SMILES string of the molecule is N#CCc1ccc(-c2cn(-c3ccc(C(=O)NC4CCCCN4C4CC4)cn3)[nH]c2=O)cc1. The normalized spacial score (nSPS) is 18.6. The average Bonchev–Trinajstić information content (AvgIpc) is 3.61. The number of aromatic nitrogens is 3. The number of nitrogens with one attached hydrogen (secondary N) is 2. The molecule has 1 aromatic carbocycles. The summed E-state index contributed by atoms with van der Waals surface area (Å²) in [6, 6.07) is 13.6. The Kier molecular flexibility index (Phi) is 5.80. The van der Waals surface area contributed by atoms with E-state index in [1.807, 2.05) is 24.3 Å². The van der Waals surface area contributed by atoms with Crippen molar-refractivity contribution in [2.75, 3.05) is 6.54 Å². The standard InChI is InChI=1S/C25H26N6O2/c26-13-12-17-4-6-18(7-5-17)21-16-31(29-25(21)33)22-11-8-19(15-27-22)24(32)28-23-3-1-2-14-30(23)20-9-10-20/h4-8,11,15-16,20,23H,1-3,9-10,12,14H2,(H,28,32)(H,29,33). The number of carbonyl (C=O) groups is 1. The zero-order valence-corrected chi connectivity index (χ0v) is 18.3. The molecule has 1 atom stereocenters. The quantitative estimate of drug-likeness (QED) is 0.610. The number of likely N-dealkylation sites (tertiary alicyclic amines) is 1. The van der Waals surface area contributed by atoms with E-state index in [9.17, 15) is 9.59 Å². The van der Waals surface area contributed by atoms with Crippen LogP contribution in [0, 0.1) is 11.3 Å². The number of nitrogens with zero attached hydrogens (tertiary/aromatic N) is 4. The third-order valence-corrected chi connectivity index (χ3v) is 6.39. The number of piperidine rings is 1. The number of nitriles is 1. The van der Waals surface area contributed by atoms with Crippen LogP contribution < -0.4 is 10.9 Å². The first-order valence-corrected chi connectivity index (χ1v) is 11.4. The second-order valence-corrected chi connectivity index (χ2v) is 8.74. The van der Waals surface area contributed by atoms with Crippen molar-refractivity contribution in [3.63, 3.8) is 0 Å². The molecule has 2 N–H and O–H groups in total. The molecule has 2 fully saturated rings. The highest BCUT2D eigenvalue weighted by atomic mass is 16.2. The molecule has 1 aliphatic carbocycles. The van der Waals surface area contributed by atoms with Crippen LogP contribution >= 0.6 is 0 Å². The third-order valence-electron chi connectivity index (χ3n) is 6.39. The molecular formula is C25H26N6O2. The van der Waals surface area contributed by atoms with E-state index in [1.165, 1.54) is 19.3 Å². The van der Waals surface area contributed by atoms with Crippen LogP contribution in [0.25, 0.3) is 16.9 Å². The van der Waals surface area contributed by atoms with Crippen molar-refractivity contribution in [2.24, 2.45) is 0 Å². The molecular weight excluding hydrogens is 416 g/mol. The molecule has 5 rings (SSSR count). The number of rotatable bonds is 6. The number of carbonyl (C=O) groups excluding carboxylic acids is 1. The molecule has 1 aliphatic heterocycles. The molecule has 0 spiro atoms. The smallest absolute Gasteiger partial charge is 0.272 e. The number of hydrogen-bond acceptors (Lipinski definition) is 5. The van der Waals surface area contributed by atoms with Gasteiger partial charge in [0.1, 0.15) is 0 Å². The third kappa shape index (κ3) is 4.59. The van der Waals surface area contributed by atoms with E-state index >= 15 is 0 Å². The molecule has 8 nitrogen and oxygen atoms in total. The Morgan fingerprint density at radius 2 is 1.97 bits per heavy atom. The summed E-state index contributed by atoms with van der Waals surface area (Å²) >= 11 is 0. The lowest BCUT2D eigenvalue weighted by molar-refractivity contribution is 0.0752. The van der Waals surface area contributed by atoms with E-state index < -0.39 is 0 Å². The molecule has 8 heteroatoms. The Morgan fingerprint density at radius 3 is 2.67 bits per heavy atom. The van der Waals surface area contributed by atoms with Crippen molar-refractivity contribution in [1.82, 2.24) is 25.0 Å². The largest absolute Gasteiger partial charge is 0.336 e. The molecule has 2 aromatic heterocycles. The summed E-state index contributed by atoms with van der Waals surface area (Å²) in [6.07, 6.45) is 9.44. The maximum Gasteiger partial charge on any atom is 0.272 e. The molecule has 0 radical (unpaired) electrons. The summed E-state index contributed by atoms with van der Waals surface area (Å²) in [5.74, 6) is 0.402. The van der Waals surface area contributed by atoms with Crippen molar-refractivity contribution in [3.8, 4) is 23.0 Å². The van der Waals surface area contributed by atoms with Gasteiger partial charge in [-0.2, -0.15) is 5.26 Å². The van der Waals surface area contributed by atoms with Crippen LogP contribution in [0.5, 0.6) is 0 Å². The van der Waals surface area contributed by atoms with Gasteiger partial charge in [0.2, 0.25) is 0 Å². The summed E-state index contributed by atoms with van der Waals surface area (Å²) in [5, 5.41) is 14.8. The van der Waals surface area contributed by atoms with Crippen molar-refractivity contribution in [1.29, 1.82) is 5.26 Å². The number of H-pyrrole nitrogens is 1. The van der Waals surface area contributed by atoms with Gasteiger partial charge >= 0.3 is 0 Å². The Labute approximate surface area is 191 Å². The second-order valence-electron chi connectivity index (χ2n) is 8.74. The summed E-state index contributed by atoms with van der Waals surface area (Å²) in [7, 11) is 0. The van der Waals surface area contributed by atoms with Crippen molar-refractivity contribution < 1.29 is 4.79 Å². The predicted octanol–water partition coefficient (Wildman–Crippen LogP) is 3.00. The first-order valence-electron chi connectivity index (χ1n) is 11.4. The van der Waals surface area contributed by atoms with Crippen molar-refractivity contribution >= 4 is 5.91 Å². The molecule has 0 bridgehead atoms. The summed E-state index contributed by atoms with van der Waals surface area (Å²) in [6.45, 7) is 1.05. The second kappa shape index (κ2) is 9.04. The van der Waals surface area contributed by atoms with E-state index in [0.717, 1.165) is 30.5 Å². The number of hydrogen-bond donors (Lipinski definition) is 2. The maximum absolute atomic E-state index is 12.8. The Balaban J connectivity index is 1.29. The molecule has 33 heavy (non-hydrogen) atoms. The average molecular weight is 443 g/mol. The molecule has 2 aliphatic rings. The van der Waals surface area contributed by atoms with E-state index in [2.05, 4.69) is 26.4 Å². The summed E-state index contributed by atoms with van der Waals surface area (Å²) in [5.41, 5.74) is 2.45. The van der Waals surface area contributed by atoms with Crippen LogP contribution in [-0.4, -0.2) is 44.3 Å². The fourth-order valence-electron chi connectivity index (χ4n) is 4.46. The number of benzene rings is 1. The predicted molar refractivity (Wildman–Crippen MR) is 124 cm³/mol. The first kappa shape index (κ1) is 21.2. The Morgan fingerprint density at radius 1 is 1.15 bits per heavy atom. The molecule has 3 aromatic rings. The minimum Gasteiger partial charge on any atom is -0.336 e. The first-order chi connectivity index (χ1) is 16.1. The van der Waals surface area contributed by atoms with Crippen LogP contribution in [0.15, 0.2) is 53.6 Å². The van der Waals surface area contributed by atoms with Crippen molar-refractivity contribution in [2.45, 2.75) is 50.7 Å². The highest BCUT2D eigenvalue weighted by Crippen LogP contribution is 2.31. The summed E-state index contributed by atoms with van der Waals surface area (Å²) in [4.78, 5) is 32.1. The zero-order valence-electron chi connectivity index (χ0n) is 18.3. The minimum atomic E-state index is -0.232. The van der Waals surface area contributed by atoms with Crippen LogP contribution in [0.4, 0.5) is 0 Å². The fraction of sp³-hybridized carbons (Fsp3) is 0.360. The number of amides is 1. The van der Waals surface area contributed by atoms with E-state index in [0.29, 0.717) is 29.4 Å². The fourth-order valence-corrected chi connectivity index (χ4v) is 4.46. The lowest BCUT2D eigenvalue weighted by atomic mass is 10.1. The minimum absolute atomic E-state index is 0.0985. The van der Waals surface area contributed by atoms with Crippen molar-refractivity contribution in [3.05, 3.63) is 70.3 Å². The molecule has 1 unspecified atom stereocenters. The van der Waals surface area contributed by atoms with Crippen LogP contribution in [-0.2, 0) is 6.42 Å². The molecule has 1 saturated carbocycles. The van der Waals surface area contributed by atoms with Gasteiger partial charge in [-0.15, -0.1) is 0 Å². The van der Waals surface area contributed by atoms with Gasteiger partial charge in [0, 0.05) is 25.0 Å². The highest BCUT2D eigenvalue weighted by Gasteiger charge is 2.35. The van der Waals surface area contributed by atoms with Gasteiger partial charge < -0.3 is 5.32 Å². The molecule has 1 amide bonds. The van der Waals surface area contributed by atoms with Gasteiger partial charge in [0.25, 0.3) is 11.5 Å². The zero-order chi connectivity index (χ0) is 22.8. The lowest BCUT2D eigenvalue weighted by Gasteiger charge is -2.36. The van der Waals surface area contributed by atoms with Gasteiger partial charge in [-0.1, -0.05) is 24.3 Å². The molecule has 1 saturated heterocycles. The van der Waals surface area contributed by atoms with E-state index in [-0.39, 0.29) is 17.6 Å². The molecule has 3 heterocycles. The maximum atomic E-state index is 12.8.